The minimum atomic E-state index is -0.875. The highest BCUT2D eigenvalue weighted by atomic mass is 35.5. The number of rotatable bonds is 3. The molecule has 0 unspecified atom stereocenters. The van der Waals surface area contributed by atoms with Gasteiger partial charge in [-0.1, -0.05) is 0 Å². The third-order valence-electron chi connectivity index (χ3n) is 6.13. The van der Waals surface area contributed by atoms with E-state index in [9.17, 15) is 4.39 Å². The zero-order chi connectivity index (χ0) is 20.7. The summed E-state index contributed by atoms with van der Waals surface area (Å²) in [5.74, 6) is 2.23. The van der Waals surface area contributed by atoms with Crippen LogP contribution < -0.4 is 10.2 Å². The van der Waals surface area contributed by atoms with Crippen molar-refractivity contribution in [3.63, 3.8) is 0 Å². The Bertz CT molecular complexity index is 1070. The van der Waals surface area contributed by atoms with Crippen LogP contribution in [0.4, 0.5) is 10.2 Å². The number of nitrogens with one attached hydrogen (secondary N) is 1. The molecule has 0 aliphatic carbocycles. The number of aromatic nitrogens is 4. The Kier molecular flexibility index (Phi) is 6.41. The third kappa shape index (κ3) is 4.24. The first kappa shape index (κ1) is 21.9. The highest BCUT2D eigenvalue weighted by molar-refractivity contribution is 5.85. The van der Waals surface area contributed by atoms with Gasteiger partial charge in [-0.2, -0.15) is 5.10 Å². The molecule has 1 aromatic carbocycles. The van der Waals surface area contributed by atoms with Crippen molar-refractivity contribution in [2.24, 2.45) is 0 Å². The average molecular weight is 447 g/mol. The molecule has 0 amide bonds. The molecule has 4 heterocycles. The number of morpholine rings is 1. The number of benzene rings is 1. The van der Waals surface area contributed by atoms with E-state index in [1.165, 1.54) is 0 Å². The Labute approximate surface area is 187 Å². The number of hydrogen-bond acceptors (Lipinski definition) is 6. The van der Waals surface area contributed by atoms with Crippen LogP contribution in [0.3, 0.4) is 0 Å². The molecule has 5 rings (SSSR count). The predicted molar refractivity (Wildman–Crippen MR) is 122 cm³/mol. The van der Waals surface area contributed by atoms with E-state index in [-0.39, 0.29) is 18.3 Å². The van der Waals surface area contributed by atoms with Crippen LogP contribution in [0.2, 0.25) is 0 Å². The standard InChI is InChI=1S/C22H27FN6O.ClH/c1-14-9-16-12-25-29(20(16)10-18(14)17-3-4-24-13-19(17)23)22-11-21(26-15(2)27-22)28-5-7-30-8-6-28;/h9-12,17,19,24H,3-8,13H2,1-2H3;1H/t17-,19-;/m0./s1. The first-order valence-corrected chi connectivity index (χ1v) is 10.6. The predicted octanol–water partition coefficient (Wildman–Crippen LogP) is 3.11. The van der Waals surface area contributed by atoms with Crippen LogP contribution in [0, 0.1) is 13.8 Å². The van der Waals surface area contributed by atoms with E-state index in [1.807, 2.05) is 23.9 Å². The topological polar surface area (TPSA) is 68.1 Å². The van der Waals surface area contributed by atoms with Gasteiger partial charge in [0.05, 0.1) is 24.9 Å². The Hall–Kier alpha value is -2.29. The second-order valence-electron chi connectivity index (χ2n) is 8.17. The Morgan fingerprint density at radius 1 is 1.10 bits per heavy atom. The lowest BCUT2D eigenvalue weighted by molar-refractivity contribution is 0.122. The van der Waals surface area contributed by atoms with Gasteiger partial charge in [-0.05, 0) is 50.1 Å². The first-order valence-electron chi connectivity index (χ1n) is 10.6. The Morgan fingerprint density at radius 2 is 1.87 bits per heavy atom. The molecule has 3 aromatic rings. The Morgan fingerprint density at radius 3 is 2.65 bits per heavy atom. The van der Waals surface area contributed by atoms with Gasteiger partial charge in [-0.3, -0.25) is 0 Å². The van der Waals surface area contributed by atoms with E-state index >= 15 is 0 Å². The van der Waals surface area contributed by atoms with Crippen LogP contribution in [0.1, 0.15) is 29.3 Å². The molecule has 7 nitrogen and oxygen atoms in total. The maximum Gasteiger partial charge on any atom is 0.159 e. The lowest BCUT2D eigenvalue weighted by Crippen LogP contribution is -2.37. The number of aryl methyl sites for hydroxylation is 2. The molecule has 166 valence electrons. The number of halogens is 2. The van der Waals surface area contributed by atoms with Crippen molar-refractivity contribution in [3.8, 4) is 5.82 Å². The number of fused-ring (bicyclic) bond motifs is 1. The number of hydrogen-bond donors (Lipinski definition) is 1. The van der Waals surface area contributed by atoms with Crippen molar-refractivity contribution >= 4 is 29.1 Å². The summed E-state index contributed by atoms with van der Waals surface area (Å²) < 4.78 is 22.0. The normalized spacial score (nSPS) is 21.8. The van der Waals surface area contributed by atoms with Gasteiger partial charge >= 0.3 is 0 Å². The maximum absolute atomic E-state index is 14.7. The molecule has 2 aliphatic rings. The number of ether oxygens (including phenoxy) is 1. The number of piperidine rings is 1. The van der Waals surface area contributed by atoms with Crippen molar-refractivity contribution in [2.75, 3.05) is 44.3 Å². The summed E-state index contributed by atoms with van der Waals surface area (Å²) in [6.45, 7) is 8.24. The average Bonchev–Trinajstić information content (AvgIpc) is 3.16. The van der Waals surface area contributed by atoms with Gasteiger partial charge in [0.1, 0.15) is 17.8 Å². The smallest absolute Gasteiger partial charge is 0.159 e. The zero-order valence-electron chi connectivity index (χ0n) is 17.8. The summed E-state index contributed by atoms with van der Waals surface area (Å²) in [5, 5.41) is 8.79. The molecular formula is C22H28ClFN6O. The van der Waals surface area contributed by atoms with Crippen molar-refractivity contribution in [3.05, 3.63) is 41.3 Å². The fourth-order valence-electron chi connectivity index (χ4n) is 4.56. The second kappa shape index (κ2) is 9.06. The van der Waals surface area contributed by atoms with Gasteiger partial charge < -0.3 is 15.0 Å². The highest BCUT2D eigenvalue weighted by Crippen LogP contribution is 2.33. The van der Waals surface area contributed by atoms with Gasteiger partial charge in [-0.15, -0.1) is 12.4 Å². The molecule has 2 saturated heterocycles. The number of nitrogens with zero attached hydrogens (tertiary/aromatic N) is 5. The van der Waals surface area contributed by atoms with Crippen LogP contribution in [0.25, 0.3) is 16.7 Å². The molecule has 0 spiro atoms. The molecule has 2 fully saturated rings. The minimum Gasteiger partial charge on any atom is -0.378 e. The van der Waals surface area contributed by atoms with Crippen molar-refractivity contribution in [1.82, 2.24) is 25.1 Å². The van der Waals surface area contributed by atoms with Gasteiger partial charge in [0.25, 0.3) is 0 Å². The van der Waals surface area contributed by atoms with E-state index in [4.69, 9.17) is 4.74 Å². The van der Waals surface area contributed by atoms with Gasteiger partial charge in [0, 0.05) is 37.0 Å². The third-order valence-corrected chi connectivity index (χ3v) is 6.13. The fraction of sp³-hybridized carbons (Fsp3) is 0.500. The quantitative estimate of drug-likeness (QED) is 0.666. The molecule has 1 N–H and O–H groups in total. The Balaban J connectivity index is 0.00000231. The van der Waals surface area contributed by atoms with Crippen molar-refractivity contribution in [1.29, 1.82) is 0 Å². The molecule has 9 heteroatoms. The summed E-state index contributed by atoms with van der Waals surface area (Å²) in [5.41, 5.74) is 3.13. The van der Waals surface area contributed by atoms with Crippen LogP contribution in [0.15, 0.2) is 24.4 Å². The summed E-state index contributed by atoms with van der Waals surface area (Å²) in [6.07, 6.45) is 1.78. The molecular weight excluding hydrogens is 419 g/mol. The molecule has 0 saturated carbocycles. The zero-order valence-corrected chi connectivity index (χ0v) is 18.7. The first-order chi connectivity index (χ1) is 14.6. The lowest BCUT2D eigenvalue weighted by Gasteiger charge is -2.28. The summed E-state index contributed by atoms with van der Waals surface area (Å²) in [6, 6.07) is 6.19. The second-order valence-corrected chi connectivity index (χ2v) is 8.17. The summed E-state index contributed by atoms with van der Waals surface area (Å²) in [4.78, 5) is 11.5. The largest absolute Gasteiger partial charge is 0.378 e. The van der Waals surface area contributed by atoms with Crippen LogP contribution in [0.5, 0.6) is 0 Å². The van der Waals surface area contributed by atoms with Crippen LogP contribution in [-0.2, 0) is 4.74 Å². The fourth-order valence-corrected chi connectivity index (χ4v) is 4.56. The monoisotopic (exact) mass is 446 g/mol. The van der Waals surface area contributed by atoms with Crippen molar-refractivity contribution < 1.29 is 9.13 Å². The van der Waals surface area contributed by atoms with Crippen LogP contribution >= 0.6 is 12.4 Å². The van der Waals surface area contributed by atoms with E-state index in [1.54, 1.807) is 0 Å². The van der Waals surface area contributed by atoms with Gasteiger partial charge in [0.15, 0.2) is 5.82 Å². The summed E-state index contributed by atoms with van der Waals surface area (Å²) in [7, 11) is 0. The number of alkyl halides is 1. The van der Waals surface area contributed by atoms with Gasteiger partial charge in [0.2, 0.25) is 0 Å². The van der Waals surface area contributed by atoms with E-state index < -0.39 is 6.17 Å². The molecule has 0 bridgehead atoms. The molecule has 2 aliphatic heterocycles. The van der Waals surface area contributed by atoms with Crippen LogP contribution in [-0.4, -0.2) is 65.3 Å². The summed E-state index contributed by atoms with van der Waals surface area (Å²) >= 11 is 0. The number of anilines is 1. The van der Waals surface area contributed by atoms with Gasteiger partial charge in [-0.25, -0.2) is 19.0 Å². The van der Waals surface area contributed by atoms with E-state index in [2.05, 4.69) is 44.3 Å². The van der Waals surface area contributed by atoms with E-state index in [0.29, 0.717) is 25.6 Å². The van der Waals surface area contributed by atoms with E-state index in [0.717, 1.165) is 59.7 Å². The molecule has 31 heavy (non-hydrogen) atoms. The lowest BCUT2D eigenvalue weighted by atomic mass is 9.85. The van der Waals surface area contributed by atoms with Crippen molar-refractivity contribution in [2.45, 2.75) is 32.4 Å². The highest BCUT2D eigenvalue weighted by Gasteiger charge is 2.28. The molecule has 0 radical (unpaired) electrons. The minimum absolute atomic E-state index is 0. The molecule has 2 atom stereocenters. The maximum atomic E-state index is 14.7. The molecule has 2 aromatic heterocycles. The SMILES string of the molecule is Cc1nc(N2CCOCC2)cc(-n2ncc3cc(C)c([C@@H]4CCNC[C@@H]4F)cc32)n1.Cl.